The van der Waals surface area contributed by atoms with Crippen LogP contribution in [0, 0.1) is 0 Å². The number of carbonyl (C=O) groups is 1. The van der Waals surface area contributed by atoms with E-state index < -0.39 is 5.60 Å². The molecule has 4 heteroatoms. The van der Waals surface area contributed by atoms with Crippen molar-refractivity contribution in [3.63, 3.8) is 0 Å². The third-order valence-electron chi connectivity index (χ3n) is 4.14. The van der Waals surface area contributed by atoms with Crippen LogP contribution in [-0.2, 0) is 10.2 Å². The first-order chi connectivity index (χ1) is 10.1. The molecule has 0 aromatic heterocycles. The van der Waals surface area contributed by atoms with Gasteiger partial charge in [-0.05, 0) is 30.9 Å². The summed E-state index contributed by atoms with van der Waals surface area (Å²) in [6.07, 6.45) is 0. The molecule has 0 atom stereocenters. The van der Waals surface area contributed by atoms with Crippen molar-refractivity contribution < 1.29 is 9.90 Å². The summed E-state index contributed by atoms with van der Waals surface area (Å²) in [6.45, 7) is 12.7. The van der Waals surface area contributed by atoms with E-state index in [1.807, 2.05) is 0 Å². The van der Waals surface area contributed by atoms with Crippen molar-refractivity contribution in [2.75, 3.05) is 31.1 Å². The minimum absolute atomic E-state index is 0.0939. The Kier molecular flexibility index (Phi) is 4.52. The lowest BCUT2D eigenvalue weighted by molar-refractivity contribution is -0.148. The lowest BCUT2D eigenvalue weighted by Crippen LogP contribution is -2.54. The zero-order chi connectivity index (χ0) is 16.5. The van der Waals surface area contributed by atoms with E-state index in [4.69, 9.17) is 0 Å². The largest absolute Gasteiger partial charge is 0.381 e. The zero-order valence-corrected chi connectivity index (χ0v) is 14.4. The van der Waals surface area contributed by atoms with E-state index in [1.165, 1.54) is 11.3 Å². The number of hydrogen-bond acceptors (Lipinski definition) is 3. The molecule has 122 valence electrons. The highest BCUT2D eigenvalue weighted by molar-refractivity contribution is 5.84. The van der Waals surface area contributed by atoms with Crippen molar-refractivity contribution in [3.8, 4) is 0 Å². The van der Waals surface area contributed by atoms with Crippen LogP contribution in [0.1, 0.15) is 40.2 Å². The third-order valence-corrected chi connectivity index (χ3v) is 4.14. The molecule has 1 heterocycles. The van der Waals surface area contributed by atoms with Crippen LogP contribution >= 0.6 is 0 Å². The molecule has 1 N–H and O–H groups in total. The standard InChI is InChI=1S/C18H28N2O2/c1-17(2,3)14-8-6-7-9-15(14)19-10-12-20(13-11-19)16(21)18(4,5)22/h6-9,22H,10-13H2,1-5H3. The van der Waals surface area contributed by atoms with Gasteiger partial charge in [0.05, 0.1) is 0 Å². The van der Waals surface area contributed by atoms with Gasteiger partial charge in [-0.25, -0.2) is 0 Å². The summed E-state index contributed by atoms with van der Waals surface area (Å²) in [4.78, 5) is 16.2. The molecule has 0 aliphatic carbocycles. The van der Waals surface area contributed by atoms with Gasteiger partial charge in [0.2, 0.25) is 0 Å². The van der Waals surface area contributed by atoms with Gasteiger partial charge in [0.1, 0.15) is 5.60 Å². The first kappa shape index (κ1) is 16.8. The predicted octanol–water partition coefficient (Wildman–Crippen LogP) is 2.40. The fourth-order valence-corrected chi connectivity index (χ4v) is 2.92. The molecule has 4 nitrogen and oxygen atoms in total. The third kappa shape index (κ3) is 3.61. The smallest absolute Gasteiger partial charge is 0.254 e. The van der Waals surface area contributed by atoms with Crippen molar-refractivity contribution in [2.24, 2.45) is 0 Å². The number of piperazine rings is 1. The van der Waals surface area contributed by atoms with Gasteiger partial charge in [0, 0.05) is 31.9 Å². The zero-order valence-electron chi connectivity index (χ0n) is 14.4. The van der Waals surface area contributed by atoms with Gasteiger partial charge >= 0.3 is 0 Å². The summed E-state index contributed by atoms with van der Waals surface area (Å²) in [5, 5.41) is 9.87. The molecular weight excluding hydrogens is 276 g/mol. The second-order valence-electron chi connectivity index (χ2n) is 7.61. The van der Waals surface area contributed by atoms with E-state index in [0.717, 1.165) is 13.1 Å². The van der Waals surface area contributed by atoms with Crippen molar-refractivity contribution in [2.45, 2.75) is 45.6 Å². The molecule has 0 radical (unpaired) electrons. The highest BCUT2D eigenvalue weighted by Gasteiger charge is 2.32. The van der Waals surface area contributed by atoms with Crippen LogP contribution in [-0.4, -0.2) is 47.7 Å². The summed E-state index contributed by atoms with van der Waals surface area (Å²) in [5.74, 6) is -0.184. The quantitative estimate of drug-likeness (QED) is 0.912. The monoisotopic (exact) mass is 304 g/mol. The Morgan fingerprint density at radius 3 is 2.05 bits per heavy atom. The predicted molar refractivity (Wildman–Crippen MR) is 90.2 cm³/mol. The molecule has 1 saturated heterocycles. The summed E-state index contributed by atoms with van der Waals surface area (Å²) in [7, 11) is 0. The van der Waals surface area contributed by atoms with Crippen molar-refractivity contribution in [1.82, 2.24) is 4.90 Å². The molecule has 0 unspecified atom stereocenters. The number of aliphatic hydroxyl groups is 1. The van der Waals surface area contributed by atoms with Crippen LogP contribution in [0.2, 0.25) is 0 Å². The van der Waals surface area contributed by atoms with E-state index in [2.05, 4.69) is 49.9 Å². The van der Waals surface area contributed by atoms with Crippen LogP contribution < -0.4 is 4.90 Å². The Labute approximate surface area is 133 Å². The fourth-order valence-electron chi connectivity index (χ4n) is 2.92. The van der Waals surface area contributed by atoms with E-state index >= 15 is 0 Å². The maximum atomic E-state index is 12.1. The molecule has 1 amide bonds. The Balaban J connectivity index is 2.12. The second-order valence-corrected chi connectivity index (χ2v) is 7.61. The molecular formula is C18H28N2O2. The number of amides is 1. The molecule has 1 fully saturated rings. The van der Waals surface area contributed by atoms with E-state index in [9.17, 15) is 9.90 Å². The average Bonchev–Trinajstić information content (AvgIpc) is 2.45. The number of benzene rings is 1. The lowest BCUT2D eigenvalue weighted by atomic mass is 9.85. The Morgan fingerprint density at radius 1 is 1.00 bits per heavy atom. The van der Waals surface area contributed by atoms with E-state index in [1.54, 1.807) is 18.7 Å². The number of carbonyl (C=O) groups excluding carboxylic acids is 1. The molecule has 0 spiro atoms. The fraction of sp³-hybridized carbons (Fsp3) is 0.611. The van der Waals surface area contributed by atoms with Crippen molar-refractivity contribution in [3.05, 3.63) is 29.8 Å². The molecule has 1 aromatic rings. The second kappa shape index (κ2) is 5.92. The van der Waals surface area contributed by atoms with Crippen LogP contribution in [0.5, 0.6) is 0 Å². The first-order valence-corrected chi connectivity index (χ1v) is 7.97. The van der Waals surface area contributed by atoms with Crippen LogP contribution in [0.25, 0.3) is 0 Å². The maximum absolute atomic E-state index is 12.1. The van der Waals surface area contributed by atoms with Gasteiger partial charge < -0.3 is 14.9 Å². The Morgan fingerprint density at radius 2 is 1.55 bits per heavy atom. The minimum Gasteiger partial charge on any atom is -0.381 e. The number of rotatable bonds is 2. The maximum Gasteiger partial charge on any atom is 0.254 e. The number of nitrogens with zero attached hydrogens (tertiary/aromatic N) is 2. The molecule has 0 bridgehead atoms. The SMILES string of the molecule is CC(C)(O)C(=O)N1CCN(c2ccccc2C(C)(C)C)CC1. The summed E-state index contributed by atoms with van der Waals surface area (Å²) >= 11 is 0. The highest BCUT2D eigenvalue weighted by atomic mass is 16.3. The van der Waals surface area contributed by atoms with E-state index in [0.29, 0.717) is 13.1 Å². The molecule has 1 aliphatic rings. The minimum atomic E-state index is -1.29. The van der Waals surface area contributed by atoms with Crippen molar-refractivity contribution in [1.29, 1.82) is 0 Å². The number of para-hydroxylation sites is 1. The summed E-state index contributed by atoms with van der Waals surface area (Å²) in [6, 6.07) is 8.49. The van der Waals surface area contributed by atoms with Gasteiger partial charge in [-0.3, -0.25) is 4.79 Å². The van der Waals surface area contributed by atoms with Gasteiger partial charge in [-0.15, -0.1) is 0 Å². The molecule has 0 saturated carbocycles. The summed E-state index contributed by atoms with van der Waals surface area (Å²) in [5.41, 5.74) is 1.39. The first-order valence-electron chi connectivity index (χ1n) is 7.97. The lowest BCUT2D eigenvalue weighted by Gasteiger charge is -2.40. The average molecular weight is 304 g/mol. The van der Waals surface area contributed by atoms with Gasteiger partial charge in [0.15, 0.2) is 0 Å². The van der Waals surface area contributed by atoms with Crippen LogP contribution in [0.4, 0.5) is 5.69 Å². The Hall–Kier alpha value is -1.55. The van der Waals surface area contributed by atoms with Crippen molar-refractivity contribution >= 4 is 11.6 Å². The van der Waals surface area contributed by atoms with Crippen LogP contribution in [0.15, 0.2) is 24.3 Å². The van der Waals surface area contributed by atoms with E-state index in [-0.39, 0.29) is 11.3 Å². The van der Waals surface area contributed by atoms with Gasteiger partial charge in [0.25, 0.3) is 5.91 Å². The molecule has 22 heavy (non-hydrogen) atoms. The molecule has 2 rings (SSSR count). The number of anilines is 1. The highest BCUT2D eigenvalue weighted by Crippen LogP contribution is 2.32. The Bertz CT molecular complexity index is 533. The summed E-state index contributed by atoms with van der Waals surface area (Å²) < 4.78 is 0. The molecule has 1 aromatic carbocycles. The van der Waals surface area contributed by atoms with Crippen LogP contribution in [0.3, 0.4) is 0 Å². The van der Waals surface area contributed by atoms with Gasteiger partial charge in [-0.1, -0.05) is 39.0 Å². The molecule has 1 aliphatic heterocycles. The topological polar surface area (TPSA) is 43.8 Å². The normalized spacial score (nSPS) is 16.8. The van der Waals surface area contributed by atoms with Gasteiger partial charge in [-0.2, -0.15) is 0 Å². The number of hydrogen-bond donors (Lipinski definition) is 1.